The Morgan fingerprint density at radius 2 is 1.92 bits per heavy atom. The molecule has 0 atom stereocenters. The summed E-state index contributed by atoms with van der Waals surface area (Å²) in [5.74, 6) is 0. The summed E-state index contributed by atoms with van der Waals surface area (Å²) in [7, 11) is 0. The number of aromatic nitrogens is 3. The van der Waals surface area contributed by atoms with Gasteiger partial charge >= 0.3 is 6.03 Å². The number of urea groups is 1. The van der Waals surface area contributed by atoms with Gasteiger partial charge in [-0.15, -0.1) is 0 Å². The third kappa shape index (κ3) is 4.19. The quantitative estimate of drug-likeness (QED) is 0.758. The second-order valence-electron chi connectivity index (χ2n) is 5.43. The maximum Gasteiger partial charge on any atom is 0.319 e. The summed E-state index contributed by atoms with van der Waals surface area (Å²) >= 11 is 0. The molecule has 3 aromatic rings. The molecule has 6 nitrogen and oxygen atoms in total. The zero-order valence-electron chi connectivity index (χ0n) is 13.4. The summed E-state index contributed by atoms with van der Waals surface area (Å²) in [4.78, 5) is 16.1. The molecule has 2 heterocycles. The molecule has 0 aliphatic carbocycles. The highest BCUT2D eigenvalue weighted by Gasteiger charge is 2.04. The van der Waals surface area contributed by atoms with Gasteiger partial charge in [0.15, 0.2) is 0 Å². The lowest BCUT2D eigenvalue weighted by Gasteiger charge is -2.08. The number of carbonyl (C=O) groups is 1. The van der Waals surface area contributed by atoms with Crippen molar-refractivity contribution in [2.45, 2.75) is 13.5 Å². The highest BCUT2D eigenvalue weighted by Crippen LogP contribution is 2.12. The summed E-state index contributed by atoms with van der Waals surface area (Å²) in [6, 6.07) is 15.1. The number of nitrogens with one attached hydrogen (secondary N) is 2. The lowest BCUT2D eigenvalue weighted by molar-refractivity contribution is 0.251. The molecule has 6 heteroatoms. The molecule has 0 spiro atoms. The number of amides is 2. The smallest absolute Gasteiger partial charge is 0.319 e. The second kappa shape index (κ2) is 7.41. The van der Waals surface area contributed by atoms with Crippen LogP contribution in [0.4, 0.5) is 10.5 Å². The predicted octanol–water partition coefficient (Wildman–Crippen LogP) is 3.08. The fourth-order valence-corrected chi connectivity index (χ4v) is 2.23. The van der Waals surface area contributed by atoms with E-state index in [1.807, 2.05) is 61.7 Å². The van der Waals surface area contributed by atoms with Gasteiger partial charge in [-0.1, -0.05) is 23.8 Å². The van der Waals surface area contributed by atoms with Gasteiger partial charge in [0.2, 0.25) is 0 Å². The van der Waals surface area contributed by atoms with Crippen LogP contribution < -0.4 is 10.6 Å². The van der Waals surface area contributed by atoms with E-state index >= 15 is 0 Å². The van der Waals surface area contributed by atoms with E-state index in [0.29, 0.717) is 13.1 Å². The van der Waals surface area contributed by atoms with Crippen LogP contribution in [0.15, 0.2) is 60.9 Å². The molecule has 0 radical (unpaired) electrons. The van der Waals surface area contributed by atoms with E-state index in [9.17, 15) is 4.79 Å². The molecule has 0 saturated heterocycles. The molecule has 0 aliphatic heterocycles. The molecular formula is C18H19N5O. The topological polar surface area (TPSA) is 71.8 Å². The van der Waals surface area contributed by atoms with E-state index in [2.05, 4.69) is 20.7 Å². The van der Waals surface area contributed by atoms with Crippen LogP contribution in [0.3, 0.4) is 0 Å². The van der Waals surface area contributed by atoms with Gasteiger partial charge in [0.05, 0.1) is 12.2 Å². The Morgan fingerprint density at radius 3 is 2.67 bits per heavy atom. The van der Waals surface area contributed by atoms with E-state index in [1.54, 1.807) is 10.9 Å². The molecule has 2 amide bonds. The third-order valence-corrected chi connectivity index (χ3v) is 3.50. The summed E-state index contributed by atoms with van der Waals surface area (Å²) in [6.45, 7) is 3.09. The molecule has 0 saturated carbocycles. The Hall–Kier alpha value is -3.15. The SMILES string of the molecule is Cc1ccc(NC(=O)NCCn2ccc(-c3ccccn3)n2)cc1. The van der Waals surface area contributed by atoms with Crippen molar-refractivity contribution in [2.24, 2.45) is 0 Å². The molecule has 122 valence electrons. The molecule has 1 aromatic carbocycles. The van der Waals surface area contributed by atoms with Crippen molar-refractivity contribution in [3.8, 4) is 11.4 Å². The van der Waals surface area contributed by atoms with Crippen molar-refractivity contribution in [3.63, 3.8) is 0 Å². The minimum Gasteiger partial charge on any atom is -0.336 e. The fourth-order valence-electron chi connectivity index (χ4n) is 2.23. The standard InChI is InChI=1S/C18H19N5O/c1-14-5-7-15(8-6-14)21-18(24)20-11-13-23-12-9-17(22-23)16-4-2-3-10-19-16/h2-10,12H,11,13H2,1H3,(H2,20,21,24). The highest BCUT2D eigenvalue weighted by atomic mass is 16.2. The molecule has 3 rings (SSSR count). The van der Waals surface area contributed by atoms with Crippen LogP contribution in [0.25, 0.3) is 11.4 Å². The van der Waals surface area contributed by atoms with E-state index in [1.165, 1.54) is 0 Å². The molecule has 0 fully saturated rings. The number of hydrogen-bond acceptors (Lipinski definition) is 3. The zero-order valence-corrected chi connectivity index (χ0v) is 13.4. The van der Waals surface area contributed by atoms with Gasteiger partial charge in [-0.25, -0.2) is 4.79 Å². The molecule has 0 aliphatic rings. The summed E-state index contributed by atoms with van der Waals surface area (Å²) in [6.07, 6.45) is 3.62. The normalized spacial score (nSPS) is 10.4. The Bertz CT molecular complexity index is 796. The van der Waals surface area contributed by atoms with Crippen LogP contribution in [0.5, 0.6) is 0 Å². The minimum absolute atomic E-state index is 0.226. The molecule has 24 heavy (non-hydrogen) atoms. The van der Waals surface area contributed by atoms with Gasteiger partial charge in [0.25, 0.3) is 0 Å². The maximum absolute atomic E-state index is 11.9. The van der Waals surface area contributed by atoms with Gasteiger partial charge in [-0.2, -0.15) is 5.10 Å². The van der Waals surface area contributed by atoms with Crippen molar-refractivity contribution in [2.75, 3.05) is 11.9 Å². The highest BCUT2D eigenvalue weighted by molar-refractivity contribution is 5.89. The Balaban J connectivity index is 1.47. The van der Waals surface area contributed by atoms with Crippen LogP contribution in [-0.4, -0.2) is 27.3 Å². The Morgan fingerprint density at radius 1 is 1.08 bits per heavy atom. The molecule has 2 aromatic heterocycles. The van der Waals surface area contributed by atoms with E-state index in [-0.39, 0.29) is 6.03 Å². The number of nitrogens with zero attached hydrogens (tertiary/aromatic N) is 3. The van der Waals surface area contributed by atoms with Crippen molar-refractivity contribution in [1.82, 2.24) is 20.1 Å². The van der Waals surface area contributed by atoms with E-state index in [0.717, 1.165) is 22.6 Å². The van der Waals surface area contributed by atoms with Gasteiger partial charge in [-0.3, -0.25) is 9.67 Å². The first-order valence-corrected chi connectivity index (χ1v) is 7.77. The number of carbonyl (C=O) groups excluding carboxylic acids is 1. The zero-order chi connectivity index (χ0) is 16.8. The molecule has 0 unspecified atom stereocenters. The van der Waals surface area contributed by atoms with Crippen LogP contribution >= 0.6 is 0 Å². The monoisotopic (exact) mass is 321 g/mol. The van der Waals surface area contributed by atoms with Crippen molar-refractivity contribution in [3.05, 3.63) is 66.5 Å². The van der Waals surface area contributed by atoms with Crippen LogP contribution in [0.2, 0.25) is 0 Å². The van der Waals surface area contributed by atoms with Crippen LogP contribution in [0.1, 0.15) is 5.56 Å². The number of rotatable bonds is 5. The largest absolute Gasteiger partial charge is 0.336 e. The average Bonchev–Trinajstić information content (AvgIpc) is 3.07. The first-order valence-electron chi connectivity index (χ1n) is 7.77. The summed E-state index contributed by atoms with van der Waals surface area (Å²) in [5, 5.41) is 10.1. The Labute approximate surface area is 140 Å². The first-order chi connectivity index (χ1) is 11.7. The third-order valence-electron chi connectivity index (χ3n) is 3.50. The molecule has 2 N–H and O–H groups in total. The summed E-state index contributed by atoms with van der Waals surface area (Å²) in [5.41, 5.74) is 3.58. The summed E-state index contributed by atoms with van der Waals surface area (Å²) < 4.78 is 1.79. The average molecular weight is 321 g/mol. The predicted molar refractivity (Wildman–Crippen MR) is 93.7 cm³/mol. The minimum atomic E-state index is -0.226. The number of benzene rings is 1. The first kappa shape index (κ1) is 15.7. The van der Waals surface area contributed by atoms with Gasteiger partial charge < -0.3 is 10.6 Å². The van der Waals surface area contributed by atoms with Gasteiger partial charge in [0, 0.05) is 24.6 Å². The van der Waals surface area contributed by atoms with Crippen LogP contribution in [0, 0.1) is 6.92 Å². The number of hydrogen-bond donors (Lipinski definition) is 2. The van der Waals surface area contributed by atoms with Crippen molar-refractivity contribution >= 4 is 11.7 Å². The second-order valence-corrected chi connectivity index (χ2v) is 5.43. The number of aryl methyl sites for hydroxylation is 1. The number of pyridine rings is 1. The van der Waals surface area contributed by atoms with E-state index in [4.69, 9.17) is 0 Å². The fraction of sp³-hybridized carbons (Fsp3) is 0.167. The lowest BCUT2D eigenvalue weighted by Crippen LogP contribution is -2.31. The molecule has 0 bridgehead atoms. The number of anilines is 1. The Kier molecular flexibility index (Phi) is 4.86. The van der Waals surface area contributed by atoms with E-state index < -0.39 is 0 Å². The van der Waals surface area contributed by atoms with Gasteiger partial charge in [0.1, 0.15) is 5.69 Å². The van der Waals surface area contributed by atoms with Crippen molar-refractivity contribution in [1.29, 1.82) is 0 Å². The lowest BCUT2D eigenvalue weighted by atomic mass is 10.2. The molecular weight excluding hydrogens is 302 g/mol. The van der Waals surface area contributed by atoms with Crippen LogP contribution in [-0.2, 0) is 6.54 Å². The maximum atomic E-state index is 11.9. The van der Waals surface area contributed by atoms with Gasteiger partial charge in [-0.05, 0) is 37.3 Å². The van der Waals surface area contributed by atoms with Crippen molar-refractivity contribution < 1.29 is 4.79 Å².